The monoisotopic (exact) mass is 309 g/mol. The number of aliphatic hydroxyl groups excluding tert-OH is 1. The third-order valence-electron chi connectivity index (χ3n) is 3.08. The average molecular weight is 309 g/mol. The number of ether oxygens (including phenoxy) is 1. The van der Waals surface area contributed by atoms with Crippen LogP contribution in [0.5, 0.6) is 0 Å². The molecule has 0 saturated carbocycles. The van der Waals surface area contributed by atoms with Gasteiger partial charge in [-0.25, -0.2) is 4.79 Å². The van der Waals surface area contributed by atoms with Crippen LogP contribution >= 0.6 is 0 Å². The molecule has 7 nitrogen and oxygen atoms in total. The topological polar surface area (TPSA) is 94.1 Å². The van der Waals surface area contributed by atoms with Gasteiger partial charge in [0.05, 0.1) is 7.11 Å². The highest BCUT2D eigenvalue weighted by atomic mass is 16.6. The Morgan fingerprint density at radius 2 is 1.77 bits per heavy atom. The molecule has 0 spiro atoms. The second kappa shape index (κ2) is 9.19. The van der Waals surface area contributed by atoms with Crippen molar-refractivity contribution in [3.05, 3.63) is 29.8 Å². The van der Waals surface area contributed by atoms with Gasteiger partial charge in [0, 0.05) is 20.6 Å². The fourth-order valence-electron chi connectivity index (χ4n) is 1.99. The second-order valence-electron chi connectivity index (χ2n) is 4.55. The lowest BCUT2D eigenvalue weighted by Gasteiger charge is -2.16. The molecule has 0 saturated heterocycles. The summed E-state index contributed by atoms with van der Waals surface area (Å²) >= 11 is 0. The Bertz CT molecular complexity index is 489. The smallest absolute Gasteiger partial charge is 0.467 e. The summed E-state index contributed by atoms with van der Waals surface area (Å²) in [5, 5.41) is 11.2. The number of aliphatic hydroxyl groups is 1. The minimum absolute atomic E-state index is 0.253. The highest BCUT2D eigenvalue weighted by molar-refractivity contribution is 6.61. The maximum absolute atomic E-state index is 11.7. The molecule has 0 heterocycles. The lowest BCUT2D eigenvalue weighted by molar-refractivity contribution is -0.145. The maximum Gasteiger partial charge on any atom is 0.493 e. The molecule has 1 amide bonds. The van der Waals surface area contributed by atoms with Gasteiger partial charge in [-0.2, -0.15) is 0 Å². The van der Waals surface area contributed by atoms with Crippen molar-refractivity contribution in [2.45, 2.75) is 12.5 Å². The van der Waals surface area contributed by atoms with Gasteiger partial charge in [0.1, 0.15) is 12.6 Å². The Hall–Kier alpha value is -1.90. The van der Waals surface area contributed by atoms with Gasteiger partial charge in [0.2, 0.25) is 5.91 Å². The molecule has 1 aromatic rings. The number of esters is 1. The molecule has 0 aromatic heterocycles. The zero-order valence-corrected chi connectivity index (χ0v) is 12.9. The first-order chi connectivity index (χ1) is 10.5. The van der Waals surface area contributed by atoms with Crippen LogP contribution in [-0.4, -0.2) is 58.1 Å². The molecule has 8 heteroatoms. The number of amides is 1. The zero-order chi connectivity index (χ0) is 16.5. The molecule has 0 aliphatic heterocycles. The number of benzene rings is 1. The van der Waals surface area contributed by atoms with Gasteiger partial charge in [0.25, 0.3) is 0 Å². The molecule has 0 bridgehead atoms. The highest BCUT2D eigenvalue weighted by Gasteiger charge is 2.22. The van der Waals surface area contributed by atoms with E-state index in [2.05, 4.69) is 10.1 Å². The quantitative estimate of drug-likeness (QED) is 0.466. The Labute approximate surface area is 129 Å². The van der Waals surface area contributed by atoms with Crippen molar-refractivity contribution in [2.75, 3.05) is 27.9 Å². The molecule has 1 aromatic carbocycles. The van der Waals surface area contributed by atoms with E-state index in [4.69, 9.17) is 14.4 Å². The first-order valence-corrected chi connectivity index (χ1v) is 6.68. The van der Waals surface area contributed by atoms with Gasteiger partial charge in [-0.1, -0.05) is 24.3 Å². The first-order valence-electron chi connectivity index (χ1n) is 6.68. The summed E-state index contributed by atoms with van der Waals surface area (Å²) < 4.78 is 14.9. The van der Waals surface area contributed by atoms with Gasteiger partial charge in [-0.15, -0.1) is 0 Å². The van der Waals surface area contributed by atoms with Crippen molar-refractivity contribution in [2.24, 2.45) is 0 Å². The van der Waals surface area contributed by atoms with E-state index >= 15 is 0 Å². The van der Waals surface area contributed by atoms with Crippen LogP contribution in [0.1, 0.15) is 5.56 Å². The van der Waals surface area contributed by atoms with Crippen molar-refractivity contribution >= 4 is 24.5 Å². The van der Waals surface area contributed by atoms with E-state index in [1.807, 2.05) is 12.1 Å². The fraction of sp³-hybridized carbons (Fsp3) is 0.429. The molecule has 1 rings (SSSR count). The molecule has 22 heavy (non-hydrogen) atoms. The first kappa shape index (κ1) is 18.2. The van der Waals surface area contributed by atoms with Crippen molar-refractivity contribution in [1.29, 1.82) is 0 Å². The predicted molar refractivity (Wildman–Crippen MR) is 80.6 cm³/mol. The van der Waals surface area contributed by atoms with Crippen LogP contribution < -0.4 is 10.8 Å². The van der Waals surface area contributed by atoms with Crippen LogP contribution in [0, 0.1) is 0 Å². The van der Waals surface area contributed by atoms with E-state index in [0.717, 1.165) is 11.0 Å². The molecule has 0 unspecified atom stereocenters. The number of carbonyl (C=O) groups excluding carboxylic acids is 2. The lowest BCUT2D eigenvalue weighted by atomic mass is 9.78. The molecule has 2 N–H and O–H groups in total. The SMILES string of the molecule is COB(OC)c1ccc(C[C@@H](NC(=O)CO)C(=O)OC)cc1. The normalized spacial score (nSPS) is 11.6. The second-order valence-corrected chi connectivity index (χ2v) is 4.55. The largest absolute Gasteiger partial charge is 0.493 e. The van der Waals surface area contributed by atoms with Crippen LogP contribution in [0.2, 0.25) is 0 Å². The lowest BCUT2D eigenvalue weighted by Crippen LogP contribution is -2.44. The van der Waals surface area contributed by atoms with Crippen molar-refractivity contribution in [3.63, 3.8) is 0 Å². The number of hydrogen-bond acceptors (Lipinski definition) is 6. The number of nitrogens with one attached hydrogen (secondary N) is 1. The summed E-state index contributed by atoms with van der Waals surface area (Å²) in [6.07, 6.45) is 0.253. The number of rotatable bonds is 8. The van der Waals surface area contributed by atoms with E-state index in [1.165, 1.54) is 7.11 Å². The van der Waals surface area contributed by atoms with Crippen LogP contribution in [0.15, 0.2) is 24.3 Å². The minimum Gasteiger partial charge on any atom is -0.467 e. The van der Waals surface area contributed by atoms with E-state index in [9.17, 15) is 9.59 Å². The van der Waals surface area contributed by atoms with Crippen molar-refractivity contribution < 1.29 is 28.7 Å². The van der Waals surface area contributed by atoms with E-state index in [0.29, 0.717) is 0 Å². The molecular formula is C14H20BNO6. The minimum atomic E-state index is -0.851. The standard InChI is InChI=1S/C14H20BNO6/c1-20-14(19)12(16-13(18)9-17)8-10-4-6-11(7-5-10)15(21-2)22-3/h4-7,12,17H,8-9H2,1-3H3,(H,16,18)/t12-/m1/s1. The Kier molecular flexibility index (Phi) is 7.58. The van der Waals surface area contributed by atoms with Gasteiger partial charge in [-0.3, -0.25) is 4.79 Å². The summed E-state index contributed by atoms with van der Waals surface area (Å²) in [6.45, 7) is -0.685. The Morgan fingerprint density at radius 3 is 2.23 bits per heavy atom. The summed E-state index contributed by atoms with van der Waals surface area (Å²) in [5.74, 6) is -1.21. The Balaban J connectivity index is 2.80. The molecule has 0 radical (unpaired) electrons. The van der Waals surface area contributed by atoms with Crippen molar-refractivity contribution in [1.82, 2.24) is 5.32 Å². The van der Waals surface area contributed by atoms with E-state index in [-0.39, 0.29) is 6.42 Å². The summed E-state index contributed by atoms with van der Waals surface area (Å²) in [4.78, 5) is 22.9. The summed E-state index contributed by atoms with van der Waals surface area (Å²) in [7, 11) is 3.87. The average Bonchev–Trinajstić information content (AvgIpc) is 2.55. The number of hydrogen-bond donors (Lipinski definition) is 2. The van der Waals surface area contributed by atoms with Gasteiger partial charge < -0.3 is 24.5 Å². The third kappa shape index (κ3) is 5.14. The zero-order valence-electron chi connectivity index (χ0n) is 12.9. The summed E-state index contributed by atoms with van der Waals surface area (Å²) in [6, 6.07) is 6.39. The predicted octanol–water partition coefficient (Wildman–Crippen LogP) is -1.13. The highest BCUT2D eigenvalue weighted by Crippen LogP contribution is 2.05. The Morgan fingerprint density at radius 1 is 1.18 bits per heavy atom. The molecular weight excluding hydrogens is 289 g/mol. The molecule has 0 aliphatic carbocycles. The van der Waals surface area contributed by atoms with Crippen LogP contribution in [-0.2, 0) is 30.1 Å². The summed E-state index contributed by atoms with van der Waals surface area (Å²) in [5.41, 5.74) is 1.66. The third-order valence-corrected chi connectivity index (χ3v) is 3.08. The molecule has 1 atom stereocenters. The maximum atomic E-state index is 11.7. The number of carbonyl (C=O) groups is 2. The van der Waals surface area contributed by atoms with Gasteiger partial charge in [0.15, 0.2) is 0 Å². The van der Waals surface area contributed by atoms with Crippen molar-refractivity contribution in [3.8, 4) is 0 Å². The van der Waals surface area contributed by atoms with E-state index in [1.54, 1.807) is 26.4 Å². The van der Waals surface area contributed by atoms with Gasteiger partial charge in [-0.05, 0) is 11.0 Å². The number of methoxy groups -OCH3 is 1. The van der Waals surface area contributed by atoms with Crippen LogP contribution in [0.3, 0.4) is 0 Å². The fourth-order valence-corrected chi connectivity index (χ4v) is 1.99. The van der Waals surface area contributed by atoms with Crippen LogP contribution in [0.4, 0.5) is 0 Å². The van der Waals surface area contributed by atoms with E-state index < -0.39 is 31.6 Å². The molecule has 0 fully saturated rings. The van der Waals surface area contributed by atoms with Crippen LogP contribution in [0.25, 0.3) is 0 Å². The molecule has 0 aliphatic rings. The van der Waals surface area contributed by atoms with Gasteiger partial charge >= 0.3 is 13.1 Å². The molecule has 120 valence electrons.